The number of fused-ring (bicyclic) bond motifs is 3. The van der Waals surface area contributed by atoms with Crippen molar-refractivity contribution in [3.8, 4) is 0 Å². The van der Waals surface area contributed by atoms with Gasteiger partial charge in [0.25, 0.3) is 0 Å². The van der Waals surface area contributed by atoms with Crippen molar-refractivity contribution in [1.82, 2.24) is 0 Å². The third kappa shape index (κ3) is 4.96. The highest BCUT2D eigenvalue weighted by Gasteiger charge is 2.30. The van der Waals surface area contributed by atoms with Gasteiger partial charge in [-0.1, -0.05) is 41.7 Å². The Kier molecular flexibility index (Phi) is 7.41. The van der Waals surface area contributed by atoms with E-state index in [1.807, 2.05) is 29.6 Å². The zero-order valence-electron chi connectivity index (χ0n) is 22.7. The Morgan fingerprint density at radius 3 is 2.61 bits per heavy atom. The van der Waals surface area contributed by atoms with Crippen molar-refractivity contribution in [3.63, 3.8) is 0 Å². The number of hydrogen-bond donors (Lipinski definition) is 0. The summed E-state index contributed by atoms with van der Waals surface area (Å²) in [6.07, 6.45) is 16.4. The molecule has 0 saturated carbocycles. The predicted octanol–water partition coefficient (Wildman–Crippen LogP) is 8.45. The normalized spacial score (nSPS) is 25.3. The van der Waals surface area contributed by atoms with Gasteiger partial charge < -0.3 is 9.80 Å². The zero-order valence-corrected chi connectivity index (χ0v) is 25.1. The maximum Gasteiger partial charge on any atom is 0.0988 e. The highest BCUT2D eigenvalue weighted by molar-refractivity contribution is 8.03. The Balaban J connectivity index is 1.25. The molecule has 0 fully saturated rings. The fraction of sp³-hybridized carbons (Fsp3) is 0.375. The molecule has 0 bridgehead atoms. The van der Waals surface area contributed by atoms with Crippen molar-refractivity contribution in [1.29, 1.82) is 0 Å². The van der Waals surface area contributed by atoms with E-state index in [0.29, 0.717) is 11.3 Å². The molecule has 2 aromatic rings. The van der Waals surface area contributed by atoms with Crippen LogP contribution < -0.4 is 9.80 Å². The summed E-state index contributed by atoms with van der Waals surface area (Å²) < 4.78 is 12.1. The van der Waals surface area contributed by atoms with E-state index < -0.39 is 10.8 Å². The van der Waals surface area contributed by atoms with Gasteiger partial charge in [0, 0.05) is 44.8 Å². The molecule has 6 rings (SSSR count). The van der Waals surface area contributed by atoms with Crippen LogP contribution in [-0.4, -0.2) is 28.9 Å². The summed E-state index contributed by atoms with van der Waals surface area (Å²) >= 11 is 3.83. The lowest BCUT2D eigenvalue weighted by Crippen LogP contribution is -2.27. The van der Waals surface area contributed by atoms with Crippen LogP contribution in [0.1, 0.15) is 45.1 Å². The summed E-state index contributed by atoms with van der Waals surface area (Å²) in [6, 6.07) is 13.1. The lowest BCUT2D eigenvalue weighted by atomic mass is 9.77. The monoisotopic (exact) mass is 560 g/mol. The number of likely N-dealkylation sites (N-methyl/N-ethyl adjacent to an activating group) is 1. The Morgan fingerprint density at radius 2 is 1.82 bits per heavy atom. The quantitative estimate of drug-likeness (QED) is 0.365. The first-order valence-electron chi connectivity index (χ1n) is 13.7. The molecule has 4 aliphatic rings. The van der Waals surface area contributed by atoms with Crippen LogP contribution in [0.25, 0.3) is 0 Å². The van der Waals surface area contributed by atoms with E-state index in [0.717, 1.165) is 24.4 Å². The first-order chi connectivity index (χ1) is 18.4. The molecule has 2 heterocycles. The molecule has 2 aliphatic heterocycles. The zero-order chi connectivity index (χ0) is 26.4. The van der Waals surface area contributed by atoms with Crippen molar-refractivity contribution in [2.24, 2.45) is 5.92 Å². The molecule has 198 valence electrons. The molecule has 2 aliphatic carbocycles. The predicted molar refractivity (Wildman–Crippen MR) is 166 cm³/mol. The molecule has 0 aromatic heterocycles. The van der Waals surface area contributed by atoms with Crippen LogP contribution >= 0.6 is 23.5 Å². The van der Waals surface area contributed by atoms with Gasteiger partial charge in [-0.2, -0.15) is 0 Å². The average molecular weight is 561 g/mol. The molecule has 0 N–H and O–H groups in total. The van der Waals surface area contributed by atoms with Crippen molar-refractivity contribution >= 4 is 45.7 Å². The summed E-state index contributed by atoms with van der Waals surface area (Å²) in [5, 5.41) is 1.66. The van der Waals surface area contributed by atoms with Crippen molar-refractivity contribution in [3.05, 3.63) is 88.0 Å². The third-order valence-electron chi connectivity index (χ3n) is 8.07. The van der Waals surface area contributed by atoms with Gasteiger partial charge in [0.2, 0.25) is 0 Å². The van der Waals surface area contributed by atoms with Crippen LogP contribution in [0.5, 0.6) is 0 Å². The summed E-state index contributed by atoms with van der Waals surface area (Å²) in [5.74, 6) is 0.686. The molecular formula is C32H36N2OS3. The van der Waals surface area contributed by atoms with E-state index >= 15 is 0 Å². The first kappa shape index (κ1) is 26.1. The maximum atomic E-state index is 12.1. The van der Waals surface area contributed by atoms with E-state index in [1.165, 1.54) is 67.7 Å². The molecule has 0 radical (unpaired) electrons. The highest BCUT2D eigenvalue weighted by atomic mass is 32.2. The van der Waals surface area contributed by atoms with Gasteiger partial charge in [-0.15, -0.1) is 0 Å². The lowest BCUT2D eigenvalue weighted by molar-refractivity contribution is 0.501. The highest BCUT2D eigenvalue weighted by Crippen LogP contribution is 2.48. The molecule has 6 heteroatoms. The van der Waals surface area contributed by atoms with Gasteiger partial charge in [-0.3, -0.25) is 4.21 Å². The van der Waals surface area contributed by atoms with Crippen LogP contribution in [0.3, 0.4) is 0 Å². The molecule has 38 heavy (non-hydrogen) atoms. The molecule has 3 nitrogen and oxygen atoms in total. The van der Waals surface area contributed by atoms with Crippen molar-refractivity contribution in [2.45, 2.75) is 66.5 Å². The first-order valence-corrected chi connectivity index (χ1v) is 17.0. The number of thioether (sulfide) groups is 2. The van der Waals surface area contributed by atoms with Gasteiger partial charge in [-0.05, 0) is 117 Å². The SMILES string of the molecule is CCN1/C(=C/C2=CC3=C/C(=C/C4Sc5ccc(C)cc5N4CC)CCC3CC2)Sc2ccc(S(C)=O)cc21. The van der Waals surface area contributed by atoms with Gasteiger partial charge in [0.15, 0.2) is 0 Å². The van der Waals surface area contributed by atoms with Gasteiger partial charge in [-0.25, -0.2) is 0 Å². The number of allylic oxidation sites excluding steroid dienone is 6. The summed E-state index contributed by atoms with van der Waals surface area (Å²) in [5.41, 5.74) is 8.33. The molecule has 0 spiro atoms. The van der Waals surface area contributed by atoms with Crippen molar-refractivity contribution in [2.75, 3.05) is 29.1 Å². The fourth-order valence-electron chi connectivity index (χ4n) is 6.05. The topological polar surface area (TPSA) is 23.6 Å². The minimum atomic E-state index is -0.966. The largest absolute Gasteiger partial charge is 0.355 e. The molecular weight excluding hydrogens is 525 g/mol. The summed E-state index contributed by atoms with van der Waals surface area (Å²) in [7, 11) is -0.966. The van der Waals surface area contributed by atoms with E-state index in [4.69, 9.17) is 0 Å². The second-order valence-corrected chi connectivity index (χ2v) is 14.2. The van der Waals surface area contributed by atoms with E-state index in [2.05, 4.69) is 85.2 Å². The summed E-state index contributed by atoms with van der Waals surface area (Å²) in [4.78, 5) is 8.48. The van der Waals surface area contributed by atoms with Crippen molar-refractivity contribution < 1.29 is 4.21 Å². The van der Waals surface area contributed by atoms with Gasteiger partial charge in [0.05, 0.1) is 21.8 Å². The minimum absolute atomic E-state index is 0.378. The second-order valence-electron chi connectivity index (χ2n) is 10.6. The number of hydrogen-bond acceptors (Lipinski definition) is 5. The molecule has 3 unspecified atom stereocenters. The number of aryl methyl sites for hydroxylation is 1. The van der Waals surface area contributed by atoms with Crippen LogP contribution in [0.2, 0.25) is 0 Å². The van der Waals surface area contributed by atoms with Crippen LogP contribution in [0, 0.1) is 12.8 Å². The standard InChI is InChI=1S/C32H36N2OS3/c1-5-33-27-15-21(3)7-13-29(27)36-31(33)18-22-8-10-24-11-9-23(17-25(24)16-22)19-32-34(6-2)28-20-26(38(4)35)12-14-30(28)37-32/h7,12-20,24,31H,5-6,8-11H2,1-4H3/b22-18+,32-19-. The Hall–Kier alpha value is -2.15. The Morgan fingerprint density at radius 1 is 1.00 bits per heavy atom. The number of benzene rings is 2. The smallest absolute Gasteiger partial charge is 0.0988 e. The number of anilines is 2. The van der Waals surface area contributed by atoms with Gasteiger partial charge >= 0.3 is 0 Å². The fourth-order valence-corrected chi connectivity index (χ4v) is 9.10. The lowest BCUT2D eigenvalue weighted by Gasteiger charge is -2.30. The van der Waals surface area contributed by atoms with Crippen LogP contribution in [0.15, 0.2) is 97.1 Å². The minimum Gasteiger partial charge on any atom is -0.355 e. The molecule has 2 aromatic carbocycles. The maximum absolute atomic E-state index is 12.1. The average Bonchev–Trinajstić information content (AvgIpc) is 3.43. The summed E-state index contributed by atoms with van der Waals surface area (Å²) in [6.45, 7) is 8.59. The number of nitrogens with zero attached hydrogens (tertiary/aromatic N) is 2. The Labute approximate surface area is 238 Å². The molecule has 0 amide bonds. The van der Waals surface area contributed by atoms with E-state index in [1.54, 1.807) is 6.26 Å². The third-order valence-corrected chi connectivity index (χ3v) is 11.3. The number of rotatable bonds is 5. The molecule has 3 atom stereocenters. The van der Waals surface area contributed by atoms with E-state index in [-0.39, 0.29) is 0 Å². The Bertz CT molecular complexity index is 1420. The van der Waals surface area contributed by atoms with Gasteiger partial charge in [0.1, 0.15) is 0 Å². The van der Waals surface area contributed by atoms with E-state index in [9.17, 15) is 4.21 Å². The second kappa shape index (κ2) is 10.8. The van der Waals surface area contributed by atoms with Crippen LogP contribution in [0.4, 0.5) is 11.4 Å². The van der Waals surface area contributed by atoms with Crippen LogP contribution in [-0.2, 0) is 10.8 Å². The molecule has 0 saturated heterocycles.